The van der Waals surface area contributed by atoms with Crippen molar-refractivity contribution in [2.45, 2.75) is 43.2 Å². The molecule has 4 heteroatoms. The average Bonchev–Trinajstić information content (AvgIpc) is 2.69. The predicted molar refractivity (Wildman–Crippen MR) is 74.5 cm³/mol. The summed E-state index contributed by atoms with van der Waals surface area (Å²) in [6, 6.07) is 2.63. The maximum atomic E-state index is 6.18. The number of hydrogen-bond acceptors (Lipinski definition) is 3. The second kappa shape index (κ2) is 3.92. The minimum Gasteiger partial charge on any atom is -0.384 e. The molecule has 0 amide bonds. The molecule has 1 aromatic heterocycles. The van der Waals surface area contributed by atoms with Crippen LogP contribution < -0.4 is 5.73 Å². The van der Waals surface area contributed by atoms with E-state index in [2.05, 4.69) is 10.9 Å². The Morgan fingerprint density at radius 1 is 1.17 bits per heavy atom. The van der Waals surface area contributed by atoms with Gasteiger partial charge >= 0.3 is 0 Å². The van der Waals surface area contributed by atoms with Crippen molar-refractivity contribution >= 4 is 17.6 Å². The Bertz CT molecular complexity index is 440. The van der Waals surface area contributed by atoms with Crippen molar-refractivity contribution in [2.75, 3.05) is 12.0 Å². The molecule has 4 aliphatic carbocycles. The monoisotopic (exact) mass is 263 g/mol. The van der Waals surface area contributed by atoms with E-state index >= 15 is 0 Å². The molecule has 0 spiro atoms. The summed E-state index contributed by atoms with van der Waals surface area (Å²) in [6.45, 7) is 0. The molecule has 4 fully saturated rings. The number of nitrogens with two attached hydrogens (primary N) is 1. The van der Waals surface area contributed by atoms with Gasteiger partial charge in [-0.1, -0.05) is 0 Å². The van der Waals surface area contributed by atoms with Crippen LogP contribution in [-0.4, -0.2) is 16.0 Å². The van der Waals surface area contributed by atoms with Crippen molar-refractivity contribution in [3.05, 3.63) is 6.07 Å². The first kappa shape index (κ1) is 11.2. The van der Waals surface area contributed by atoms with Gasteiger partial charge in [0.05, 0.1) is 6.04 Å². The van der Waals surface area contributed by atoms with Gasteiger partial charge in [-0.3, -0.25) is 0 Å². The zero-order valence-corrected chi connectivity index (χ0v) is 11.7. The molecular formula is C14H21N3S. The van der Waals surface area contributed by atoms with Crippen LogP contribution >= 0.6 is 11.8 Å². The van der Waals surface area contributed by atoms with Gasteiger partial charge in [-0.25, -0.2) is 4.68 Å². The molecule has 0 atom stereocenters. The normalized spacial score (nSPS) is 41.5. The molecule has 1 aromatic rings. The van der Waals surface area contributed by atoms with Gasteiger partial charge in [0.1, 0.15) is 10.8 Å². The molecule has 3 nitrogen and oxygen atoms in total. The van der Waals surface area contributed by atoms with Gasteiger partial charge in [-0.15, -0.1) is 11.8 Å². The third-order valence-electron chi connectivity index (χ3n) is 5.41. The summed E-state index contributed by atoms with van der Waals surface area (Å²) in [4.78, 5) is 0. The lowest BCUT2D eigenvalue weighted by Crippen LogP contribution is -2.46. The van der Waals surface area contributed by atoms with Crippen molar-refractivity contribution in [3.63, 3.8) is 0 Å². The second-order valence-electron chi connectivity index (χ2n) is 6.48. The third kappa shape index (κ3) is 1.54. The van der Waals surface area contributed by atoms with Crippen molar-refractivity contribution < 1.29 is 0 Å². The summed E-state index contributed by atoms with van der Waals surface area (Å²) in [5.74, 6) is 4.59. The average molecular weight is 263 g/mol. The molecule has 4 saturated carbocycles. The van der Waals surface area contributed by atoms with Crippen molar-refractivity contribution in [1.29, 1.82) is 0 Å². The van der Waals surface area contributed by atoms with Crippen molar-refractivity contribution in [2.24, 2.45) is 23.7 Å². The molecule has 1 heterocycles. The van der Waals surface area contributed by atoms with E-state index in [1.165, 1.54) is 32.1 Å². The van der Waals surface area contributed by atoms with E-state index in [-0.39, 0.29) is 0 Å². The van der Waals surface area contributed by atoms with Gasteiger partial charge in [0, 0.05) is 6.07 Å². The number of nitrogens with zero attached hydrogens (tertiary/aromatic N) is 2. The number of thioether (sulfide) groups is 1. The summed E-state index contributed by atoms with van der Waals surface area (Å²) in [5, 5.41) is 5.80. The highest BCUT2D eigenvalue weighted by atomic mass is 32.2. The lowest BCUT2D eigenvalue weighted by atomic mass is 9.54. The largest absolute Gasteiger partial charge is 0.384 e. The van der Waals surface area contributed by atoms with Crippen LogP contribution in [0, 0.1) is 23.7 Å². The molecule has 0 radical (unpaired) electrons. The first-order valence-electron chi connectivity index (χ1n) is 7.13. The Hall–Kier alpha value is -0.640. The Morgan fingerprint density at radius 2 is 1.78 bits per heavy atom. The maximum Gasteiger partial charge on any atom is 0.123 e. The van der Waals surface area contributed by atoms with Crippen LogP contribution in [0.2, 0.25) is 0 Å². The summed E-state index contributed by atoms with van der Waals surface area (Å²) in [6.07, 6.45) is 9.27. The smallest absolute Gasteiger partial charge is 0.123 e. The number of rotatable bonds is 2. The highest BCUT2D eigenvalue weighted by Crippen LogP contribution is 2.58. The minimum absolute atomic E-state index is 0.596. The number of hydrogen-bond donors (Lipinski definition) is 1. The first-order valence-corrected chi connectivity index (χ1v) is 8.36. The van der Waals surface area contributed by atoms with E-state index in [1.807, 2.05) is 6.07 Å². The molecule has 0 aromatic carbocycles. The van der Waals surface area contributed by atoms with Gasteiger partial charge < -0.3 is 5.73 Å². The fraction of sp³-hybridized carbons (Fsp3) is 0.786. The van der Waals surface area contributed by atoms with Crippen LogP contribution in [0.25, 0.3) is 0 Å². The lowest BCUT2D eigenvalue weighted by molar-refractivity contribution is -0.0331. The second-order valence-corrected chi connectivity index (χ2v) is 7.30. The first-order chi connectivity index (χ1) is 8.74. The molecule has 4 aliphatic rings. The minimum atomic E-state index is 0.596. The molecule has 0 unspecified atom stereocenters. The molecule has 4 bridgehead atoms. The highest BCUT2D eigenvalue weighted by molar-refractivity contribution is 7.98. The Morgan fingerprint density at radius 3 is 2.28 bits per heavy atom. The molecule has 0 saturated heterocycles. The molecule has 18 heavy (non-hydrogen) atoms. The van der Waals surface area contributed by atoms with Crippen molar-refractivity contribution in [1.82, 2.24) is 9.78 Å². The van der Waals surface area contributed by atoms with Gasteiger partial charge in [0.25, 0.3) is 0 Å². The summed E-state index contributed by atoms with van der Waals surface area (Å²) >= 11 is 1.69. The molecule has 98 valence electrons. The predicted octanol–water partition coefficient (Wildman–Crippen LogP) is 3.18. The van der Waals surface area contributed by atoms with E-state index in [0.717, 1.165) is 34.5 Å². The van der Waals surface area contributed by atoms with Crippen LogP contribution in [0.15, 0.2) is 11.1 Å². The zero-order chi connectivity index (χ0) is 12.3. The van der Waals surface area contributed by atoms with E-state index in [4.69, 9.17) is 10.8 Å². The Labute approximate surface area is 112 Å². The van der Waals surface area contributed by atoms with Gasteiger partial charge in [-0.2, -0.15) is 5.10 Å². The molecule has 0 aliphatic heterocycles. The van der Waals surface area contributed by atoms with E-state index in [1.54, 1.807) is 11.8 Å². The van der Waals surface area contributed by atoms with E-state index in [0.29, 0.717) is 6.04 Å². The fourth-order valence-electron chi connectivity index (χ4n) is 5.02. The van der Waals surface area contributed by atoms with Crippen molar-refractivity contribution in [3.8, 4) is 0 Å². The summed E-state index contributed by atoms with van der Waals surface area (Å²) < 4.78 is 2.17. The number of aromatic nitrogens is 2. The Kier molecular flexibility index (Phi) is 2.44. The SMILES string of the molecule is CSc1cc(N)n(C2C3CC4CC(C3)CC2C4)n1. The quantitative estimate of drug-likeness (QED) is 0.833. The van der Waals surface area contributed by atoms with E-state index in [9.17, 15) is 0 Å². The van der Waals surface area contributed by atoms with Crippen LogP contribution in [0.1, 0.15) is 38.1 Å². The van der Waals surface area contributed by atoms with Gasteiger partial charge in [0.15, 0.2) is 0 Å². The standard InChI is InChI=1S/C14H21N3S/c1-18-13-7-12(15)17(16-13)14-10-3-8-2-9(5-10)6-11(14)4-8/h7-11,14H,2-6,15H2,1H3. The zero-order valence-electron chi connectivity index (χ0n) is 10.9. The van der Waals surface area contributed by atoms with Crippen LogP contribution in [-0.2, 0) is 0 Å². The number of anilines is 1. The molecule has 5 rings (SSSR count). The van der Waals surface area contributed by atoms with E-state index < -0.39 is 0 Å². The molecule has 2 N–H and O–H groups in total. The maximum absolute atomic E-state index is 6.18. The van der Waals surface area contributed by atoms with Crippen LogP contribution in [0.3, 0.4) is 0 Å². The summed E-state index contributed by atoms with van der Waals surface area (Å²) in [7, 11) is 0. The van der Waals surface area contributed by atoms with Crippen LogP contribution in [0.4, 0.5) is 5.82 Å². The van der Waals surface area contributed by atoms with Gasteiger partial charge in [-0.05, 0) is 62.0 Å². The highest BCUT2D eigenvalue weighted by Gasteiger charge is 2.49. The summed E-state index contributed by atoms with van der Waals surface area (Å²) in [5.41, 5.74) is 6.18. The topological polar surface area (TPSA) is 43.8 Å². The third-order valence-corrected chi connectivity index (χ3v) is 6.03. The van der Waals surface area contributed by atoms with Crippen LogP contribution in [0.5, 0.6) is 0 Å². The Balaban J connectivity index is 1.69. The van der Waals surface area contributed by atoms with Gasteiger partial charge in [0.2, 0.25) is 0 Å². The fourth-order valence-corrected chi connectivity index (χ4v) is 5.43. The number of nitrogen functional groups attached to an aromatic ring is 1. The lowest BCUT2D eigenvalue weighted by Gasteiger charge is -2.54. The molecular weight excluding hydrogens is 242 g/mol.